The number of nitrogens with one attached hydrogen (secondary N) is 2. The second-order valence-corrected chi connectivity index (χ2v) is 7.26. The second kappa shape index (κ2) is 7.01. The second-order valence-electron chi connectivity index (χ2n) is 7.26. The van der Waals surface area contributed by atoms with Crippen LogP contribution in [0.1, 0.15) is 37.8 Å². The van der Waals surface area contributed by atoms with Gasteiger partial charge in [-0.1, -0.05) is 36.4 Å². The summed E-state index contributed by atoms with van der Waals surface area (Å²) in [5.74, 6) is -0.00813. The van der Waals surface area contributed by atoms with E-state index in [1.54, 1.807) is 0 Å². The Morgan fingerprint density at radius 3 is 2.56 bits per heavy atom. The predicted molar refractivity (Wildman–Crippen MR) is 101 cm³/mol. The van der Waals surface area contributed by atoms with Crippen molar-refractivity contribution in [2.45, 2.75) is 32.2 Å². The van der Waals surface area contributed by atoms with Gasteiger partial charge in [0.1, 0.15) is 6.61 Å². The Labute approximate surface area is 148 Å². The van der Waals surface area contributed by atoms with Crippen LogP contribution >= 0.6 is 0 Å². The van der Waals surface area contributed by atoms with E-state index in [4.69, 9.17) is 4.74 Å². The molecule has 25 heavy (non-hydrogen) atoms. The third kappa shape index (κ3) is 4.41. The number of aromatic nitrogens is 1. The number of ether oxygens (including phenoxy) is 1. The van der Waals surface area contributed by atoms with E-state index < -0.39 is 6.09 Å². The third-order valence-electron chi connectivity index (χ3n) is 4.04. The van der Waals surface area contributed by atoms with E-state index in [2.05, 4.69) is 40.6 Å². The number of hydrogen-bond donors (Lipinski definition) is 2. The highest BCUT2D eigenvalue weighted by Crippen LogP contribution is 2.27. The molecule has 2 aromatic carbocycles. The quantitative estimate of drug-likeness (QED) is 0.717. The minimum absolute atomic E-state index is 0.00813. The lowest BCUT2D eigenvalue weighted by molar-refractivity contribution is 0.134. The molecule has 1 atom stereocenters. The molecular weight excluding hydrogens is 312 g/mol. The summed E-state index contributed by atoms with van der Waals surface area (Å²) < 4.78 is 5.52. The molecule has 0 radical (unpaired) electrons. The number of rotatable bonds is 4. The van der Waals surface area contributed by atoms with Crippen LogP contribution in [0.2, 0.25) is 0 Å². The summed E-state index contributed by atoms with van der Waals surface area (Å²) in [4.78, 5) is 15.3. The number of alkyl carbamates (subject to hydrolysis) is 1. The molecule has 1 amide bonds. The molecule has 0 aliphatic carbocycles. The van der Waals surface area contributed by atoms with Crippen molar-refractivity contribution >= 4 is 17.0 Å². The van der Waals surface area contributed by atoms with Gasteiger partial charge < -0.3 is 15.0 Å². The van der Waals surface area contributed by atoms with Crippen LogP contribution in [0.3, 0.4) is 0 Å². The fourth-order valence-electron chi connectivity index (χ4n) is 2.86. The number of carbonyl (C=O) groups is 1. The Hall–Kier alpha value is -2.75. The molecular formula is C21H24N2O2. The molecule has 0 fully saturated rings. The fourth-order valence-corrected chi connectivity index (χ4v) is 2.86. The molecule has 0 saturated heterocycles. The van der Waals surface area contributed by atoms with E-state index in [-0.39, 0.29) is 11.5 Å². The highest BCUT2D eigenvalue weighted by Gasteiger charge is 2.19. The fraction of sp³-hybridized carbons (Fsp3) is 0.286. The molecule has 1 heterocycles. The van der Waals surface area contributed by atoms with Crippen LogP contribution in [0.15, 0.2) is 60.8 Å². The Morgan fingerprint density at radius 1 is 1.08 bits per heavy atom. The molecule has 3 aromatic rings. The number of aromatic amines is 1. The van der Waals surface area contributed by atoms with Crippen LogP contribution in [-0.2, 0) is 4.74 Å². The number of H-pyrrole nitrogens is 1. The van der Waals surface area contributed by atoms with Crippen LogP contribution in [0, 0.1) is 0 Å². The van der Waals surface area contributed by atoms with Crippen LogP contribution in [-0.4, -0.2) is 23.2 Å². The Morgan fingerprint density at radius 2 is 1.84 bits per heavy atom. The monoisotopic (exact) mass is 336 g/mol. The average molecular weight is 336 g/mol. The maximum absolute atomic E-state index is 12.1. The van der Waals surface area contributed by atoms with Crippen LogP contribution in [0.25, 0.3) is 10.9 Å². The lowest BCUT2D eigenvalue weighted by atomic mass is 9.91. The first-order chi connectivity index (χ1) is 11.9. The summed E-state index contributed by atoms with van der Waals surface area (Å²) in [5, 5.41) is 3.99. The zero-order valence-electron chi connectivity index (χ0n) is 14.9. The van der Waals surface area contributed by atoms with Crippen molar-refractivity contribution in [3.63, 3.8) is 0 Å². The van der Waals surface area contributed by atoms with Gasteiger partial charge in [-0.3, -0.25) is 0 Å². The lowest BCUT2D eigenvalue weighted by Gasteiger charge is -2.22. The molecule has 1 aromatic heterocycles. The molecule has 0 aliphatic rings. The zero-order valence-corrected chi connectivity index (χ0v) is 14.9. The van der Waals surface area contributed by atoms with Crippen molar-refractivity contribution in [3.8, 4) is 0 Å². The number of fused-ring (bicyclic) bond motifs is 1. The van der Waals surface area contributed by atoms with E-state index in [0.717, 1.165) is 22.0 Å². The zero-order chi connectivity index (χ0) is 17.9. The highest BCUT2D eigenvalue weighted by atomic mass is 16.5. The first-order valence-corrected chi connectivity index (χ1v) is 8.49. The average Bonchev–Trinajstić information content (AvgIpc) is 3.02. The normalized spacial score (nSPS) is 12.8. The van der Waals surface area contributed by atoms with Crippen molar-refractivity contribution < 1.29 is 9.53 Å². The van der Waals surface area contributed by atoms with E-state index in [0.29, 0.717) is 6.61 Å². The molecule has 0 bridgehead atoms. The highest BCUT2D eigenvalue weighted by molar-refractivity contribution is 5.80. The van der Waals surface area contributed by atoms with Gasteiger partial charge in [-0.2, -0.15) is 0 Å². The van der Waals surface area contributed by atoms with Crippen molar-refractivity contribution in [3.05, 3.63) is 71.9 Å². The van der Waals surface area contributed by atoms with Gasteiger partial charge in [0.05, 0.1) is 0 Å². The van der Waals surface area contributed by atoms with E-state index in [9.17, 15) is 4.79 Å². The van der Waals surface area contributed by atoms with Gasteiger partial charge in [0, 0.05) is 23.2 Å². The van der Waals surface area contributed by atoms with Crippen molar-refractivity contribution in [2.75, 3.05) is 6.61 Å². The van der Waals surface area contributed by atoms with Crippen LogP contribution in [0.5, 0.6) is 0 Å². The van der Waals surface area contributed by atoms with E-state index in [1.807, 2.05) is 51.2 Å². The maximum Gasteiger partial charge on any atom is 0.407 e. The molecule has 1 unspecified atom stereocenters. The number of hydrogen-bond acceptors (Lipinski definition) is 2. The Kier molecular flexibility index (Phi) is 4.79. The van der Waals surface area contributed by atoms with Crippen LogP contribution < -0.4 is 5.32 Å². The molecule has 0 saturated carbocycles. The number of carbonyl (C=O) groups excluding carboxylic acids is 1. The molecule has 3 rings (SSSR count). The largest absolute Gasteiger partial charge is 0.449 e. The summed E-state index contributed by atoms with van der Waals surface area (Å²) in [6.45, 7) is 6.09. The topological polar surface area (TPSA) is 54.1 Å². The maximum atomic E-state index is 12.1. The van der Waals surface area contributed by atoms with Gasteiger partial charge in [0.15, 0.2) is 0 Å². The predicted octanol–water partition coefficient (Wildman–Crippen LogP) is 4.82. The summed E-state index contributed by atoms with van der Waals surface area (Å²) >= 11 is 0. The molecule has 4 heteroatoms. The van der Waals surface area contributed by atoms with Crippen molar-refractivity contribution in [1.82, 2.24) is 10.3 Å². The SMILES string of the molecule is CC(C)(C)NC(=O)OCC(c1ccccc1)c1ccc2[nH]ccc2c1. The summed E-state index contributed by atoms with van der Waals surface area (Å²) in [6, 6.07) is 18.5. The third-order valence-corrected chi connectivity index (χ3v) is 4.04. The first-order valence-electron chi connectivity index (χ1n) is 8.49. The summed E-state index contributed by atoms with van der Waals surface area (Å²) in [6.07, 6.45) is 1.54. The van der Waals surface area contributed by atoms with Gasteiger partial charge in [0.2, 0.25) is 0 Å². The van der Waals surface area contributed by atoms with Gasteiger partial charge in [-0.05, 0) is 55.5 Å². The summed E-state index contributed by atoms with van der Waals surface area (Å²) in [7, 11) is 0. The minimum Gasteiger partial charge on any atom is -0.449 e. The van der Waals surface area contributed by atoms with Gasteiger partial charge >= 0.3 is 6.09 Å². The number of amides is 1. The van der Waals surface area contributed by atoms with E-state index in [1.165, 1.54) is 0 Å². The summed E-state index contributed by atoms with van der Waals surface area (Å²) in [5.41, 5.74) is 3.04. The van der Waals surface area contributed by atoms with Gasteiger partial charge in [0.25, 0.3) is 0 Å². The van der Waals surface area contributed by atoms with Crippen molar-refractivity contribution in [1.29, 1.82) is 0 Å². The molecule has 2 N–H and O–H groups in total. The Bertz CT molecular complexity index is 847. The van der Waals surface area contributed by atoms with Crippen molar-refractivity contribution in [2.24, 2.45) is 0 Å². The molecule has 0 spiro atoms. The number of benzene rings is 2. The molecule has 0 aliphatic heterocycles. The minimum atomic E-state index is -0.392. The van der Waals surface area contributed by atoms with Gasteiger partial charge in [-0.15, -0.1) is 0 Å². The molecule has 4 nitrogen and oxygen atoms in total. The standard InChI is InChI=1S/C21H24N2O2/c1-21(2,3)23-20(24)25-14-18(15-7-5-4-6-8-15)16-9-10-19-17(13-16)11-12-22-19/h4-13,18,22H,14H2,1-3H3,(H,23,24). The first kappa shape index (κ1) is 17.1. The lowest BCUT2D eigenvalue weighted by Crippen LogP contribution is -2.41. The van der Waals surface area contributed by atoms with E-state index >= 15 is 0 Å². The Balaban J connectivity index is 1.84. The van der Waals surface area contributed by atoms with Gasteiger partial charge in [-0.25, -0.2) is 4.79 Å². The molecule has 130 valence electrons. The van der Waals surface area contributed by atoms with Crippen LogP contribution in [0.4, 0.5) is 4.79 Å². The smallest absolute Gasteiger partial charge is 0.407 e.